The maximum atomic E-state index is 13.5. The van der Waals surface area contributed by atoms with Crippen molar-refractivity contribution < 1.29 is 9.21 Å². The second-order valence-electron chi connectivity index (χ2n) is 7.82. The number of rotatable bonds is 4. The highest BCUT2D eigenvalue weighted by atomic mass is 32.1. The number of amides is 1. The molecule has 0 fully saturated rings. The number of benzene rings is 2. The average Bonchev–Trinajstić information content (AvgIpc) is 3.43. The molecule has 1 aliphatic heterocycles. The molecule has 1 aliphatic rings. The van der Waals surface area contributed by atoms with Crippen LogP contribution in [0.3, 0.4) is 0 Å². The Labute approximate surface area is 193 Å². The van der Waals surface area contributed by atoms with E-state index in [9.17, 15) is 9.59 Å². The van der Waals surface area contributed by atoms with Gasteiger partial charge in [-0.15, -0.1) is 0 Å². The van der Waals surface area contributed by atoms with Crippen LogP contribution in [0, 0.1) is 6.92 Å². The predicted octanol–water partition coefficient (Wildman–Crippen LogP) is 3.78. The lowest BCUT2D eigenvalue weighted by molar-refractivity contribution is -0.113. The molecule has 0 saturated carbocycles. The zero-order valence-electron chi connectivity index (χ0n) is 18.1. The molecule has 2 aromatic carbocycles. The van der Waals surface area contributed by atoms with E-state index in [2.05, 4.69) is 10.3 Å². The van der Waals surface area contributed by atoms with Gasteiger partial charge < -0.3 is 9.73 Å². The Hall–Kier alpha value is -3.97. The minimum absolute atomic E-state index is 0.192. The highest BCUT2D eigenvalue weighted by molar-refractivity contribution is 7.07. The monoisotopic (exact) mass is 455 g/mol. The third-order valence-electron chi connectivity index (χ3n) is 5.62. The van der Waals surface area contributed by atoms with Gasteiger partial charge in [0.2, 0.25) is 0 Å². The number of furan rings is 1. The van der Waals surface area contributed by atoms with Crippen molar-refractivity contribution in [2.45, 2.75) is 19.9 Å². The highest BCUT2D eigenvalue weighted by Gasteiger charge is 2.32. The first-order chi connectivity index (χ1) is 16.0. The van der Waals surface area contributed by atoms with Gasteiger partial charge in [-0.3, -0.25) is 14.2 Å². The minimum Gasteiger partial charge on any atom is -0.472 e. The zero-order valence-corrected chi connectivity index (χ0v) is 18.9. The number of anilines is 1. The summed E-state index contributed by atoms with van der Waals surface area (Å²) in [5.74, 6) is -0.275. The second-order valence-corrected chi connectivity index (χ2v) is 8.83. The van der Waals surface area contributed by atoms with E-state index in [1.807, 2.05) is 68.4 Å². The van der Waals surface area contributed by atoms with Crippen LogP contribution in [0.2, 0.25) is 0 Å². The molecular weight excluding hydrogens is 434 g/mol. The van der Waals surface area contributed by atoms with Crippen LogP contribution in [0.4, 0.5) is 5.69 Å². The number of nitrogens with one attached hydrogen (secondary N) is 1. The zero-order chi connectivity index (χ0) is 22.9. The molecule has 0 saturated heterocycles. The molecule has 6 nitrogen and oxygen atoms in total. The van der Waals surface area contributed by atoms with E-state index >= 15 is 0 Å². The van der Waals surface area contributed by atoms with E-state index in [1.54, 1.807) is 29.2 Å². The van der Waals surface area contributed by atoms with Crippen LogP contribution in [0.15, 0.2) is 98.7 Å². The first-order valence-corrected chi connectivity index (χ1v) is 11.3. The van der Waals surface area contributed by atoms with Crippen LogP contribution in [0.5, 0.6) is 0 Å². The molecule has 0 bridgehead atoms. The number of hydrogen-bond acceptors (Lipinski definition) is 5. The van der Waals surface area contributed by atoms with Crippen LogP contribution >= 0.6 is 11.3 Å². The van der Waals surface area contributed by atoms with Gasteiger partial charge in [0.15, 0.2) is 4.80 Å². The molecule has 2 aromatic heterocycles. The summed E-state index contributed by atoms with van der Waals surface area (Å²) < 4.78 is 7.28. The Bertz CT molecular complexity index is 1540. The summed E-state index contributed by atoms with van der Waals surface area (Å²) in [5, 5.41) is 3.01. The molecule has 1 unspecified atom stereocenters. The maximum Gasteiger partial charge on any atom is 0.271 e. The van der Waals surface area contributed by atoms with E-state index in [1.165, 1.54) is 11.3 Å². The molecule has 164 valence electrons. The lowest BCUT2D eigenvalue weighted by Crippen LogP contribution is -2.40. The summed E-state index contributed by atoms with van der Waals surface area (Å²) in [7, 11) is 0. The summed E-state index contributed by atoms with van der Waals surface area (Å²) in [6.07, 6.45) is 4.93. The van der Waals surface area contributed by atoms with Gasteiger partial charge in [0.25, 0.3) is 11.5 Å². The van der Waals surface area contributed by atoms with Crippen LogP contribution in [0.25, 0.3) is 6.08 Å². The molecule has 3 heterocycles. The summed E-state index contributed by atoms with van der Waals surface area (Å²) in [6.45, 7) is 3.76. The molecule has 1 N–H and O–H groups in total. The fraction of sp³-hybridized carbons (Fsp3) is 0.115. The van der Waals surface area contributed by atoms with Crippen molar-refractivity contribution in [3.63, 3.8) is 0 Å². The molecule has 0 radical (unpaired) electrons. The highest BCUT2D eigenvalue weighted by Crippen LogP contribution is 2.31. The third kappa shape index (κ3) is 3.87. The smallest absolute Gasteiger partial charge is 0.271 e. The normalized spacial score (nSPS) is 15.8. The Balaban J connectivity index is 1.68. The van der Waals surface area contributed by atoms with Crippen LogP contribution in [-0.2, 0) is 4.79 Å². The standard InChI is InChI=1S/C26H21N3O3S/c1-16-8-6-7-11-20(16)28-24(30)22-17(2)27-26-29(23(22)19-9-4-3-5-10-19)25(31)21(33-26)14-18-12-13-32-15-18/h3-15,23H,1-2H3,(H,28,30)/b21-14+. The van der Waals surface area contributed by atoms with Gasteiger partial charge in [-0.2, -0.15) is 0 Å². The van der Waals surface area contributed by atoms with E-state index < -0.39 is 6.04 Å². The number of carbonyl (C=O) groups is 1. The Morgan fingerprint density at radius 3 is 2.58 bits per heavy atom. The van der Waals surface area contributed by atoms with Gasteiger partial charge in [-0.1, -0.05) is 59.9 Å². The lowest BCUT2D eigenvalue weighted by Gasteiger charge is -2.25. The van der Waals surface area contributed by atoms with Crippen LogP contribution in [0.1, 0.15) is 29.7 Å². The van der Waals surface area contributed by atoms with Gasteiger partial charge in [0.1, 0.15) is 0 Å². The van der Waals surface area contributed by atoms with Crippen molar-refractivity contribution in [2.24, 2.45) is 4.99 Å². The number of allylic oxidation sites excluding steroid dienone is 1. The molecule has 0 aliphatic carbocycles. The van der Waals surface area contributed by atoms with Gasteiger partial charge in [-0.05, 0) is 43.2 Å². The number of nitrogens with zero attached hydrogens (tertiary/aromatic N) is 2. The fourth-order valence-corrected chi connectivity index (χ4v) is 5.02. The summed E-state index contributed by atoms with van der Waals surface area (Å²) >= 11 is 1.30. The molecule has 1 amide bonds. The Morgan fingerprint density at radius 1 is 1.09 bits per heavy atom. The third-order valence-corrected chi connectivity index (χ3v) is 6.60. The number of thiazole rings is 1. The van der Waals surface area contributed by atoms with E-state index in [4.69, 9.17) is 4.42 Å². The minimum atomic E-state index is -0.585. The Morgan fingerprint density at radius 2 is 1.85 bits per heavy atom. The summed E-state index contributed by atoms with van der Waals surface area (Å²) in [4.78, 5) is 32.3. The van der Waals surface area contributed by atoms with E-state index in [0.717, 1.165) is 22.4 Å². The Kier molecular flexibility index (Phi) is 5.40. The molecule has 1 atom stereocenters. The number of hydrogen-bond donors (Lipinski definition) is 1. The maximum absolute atomic E-state index is 13.5. The van der Waals surface area contributed by atoms with Crippen molar-refractivity contribution in [3.05, 3.63) is 121 Å². The number of fused-ring (bicyclic) bond motifs is 1. The topological polar surface area (TPSA) is 76.6 Å². The molecule has 4 aromatic rings. The van der Waals surface area contributed by atoms with Crippen molar-refractivity contribution in [3.8, 4) is 0 Å². The van der Waals surface area contributed by atoms with Gasteiger partial charge in [0.05, 0.1) is 34.4 Å². The van der Waals surface area contributed by atoms with Crippen LogP contribution in [-0.4, -0.2) is 10.5 Å². The van der Waals surface area contributed by atoms with Crippen molar-refractivity contribution in [2.75, 3.05) is 5.32 Å². The van der Waals surface area contributed by atoms with Gasteiger partial charge in [0, 0.05) is 11.3 Å². The molecule has 5 rings (SSSR count). The number of aryl methyl sites for hydroxylation is 1. The SMILES string of the molecule is CC1=C(C(=O)Nc2ccccc2C)C(c2ccccc2)n2c(s/c(=C/c3ccoc3)c2=O)=N1. The second kappa shape index (κ2) is 8.52. The predicted molar refractivity (Wildman–Crippen MR) is 129 cm³/mol. The summed E-state index contributed by atoms with van der Waals surface area (Å²) in [6, 6.07) is 18.4. The largest absolute Gasteiger partial charge is 0.472 e. The van der Waals surface area contributed by atoms with Crippen LogP contribution < -0.4 is 20.2 Å². The first kappa shape index (κ1) is 20.9. The number of aromatic nitrogens is 1. The lowest BCUT2D eigenvalue weighted by atomic mass is 9.95. The molecule has 33 heavy (non-hydrogen) atoms. The molecular formula is C26H21N3O3S. The van der Waals surface area contributed by atoms with Crippen molar-refractivity contribution in [1.82, 2.24) is 4.57 Å². The average molecular weight is 456 g/mol. The van der Waals surface area contributed by atoms with E-state index in [-0.39, 0.29) is 11.5 Å². The van der Waals surface area contributed by atoms with Gasteiger partial charge in [-0.25, -0.2) is 4.99 Å². The molecule has 0 spiro atoms. The summed E-state index contributed by atoms with van der Waals surface area (Å²) in [5.41, 5.74) is 4.17. The number of para-hydroxylation sites is 1. The van der Waals surface area contributed by atoms with Gasteiger partial charge >= 0.3 is 0 Å². The fourth-order valence-electron chi connectivity index (χ4n) is 3.97. The van der Waals surface area contributed by atoms with Crippen molar-refractivity contribution in [1.29, 1.82) is 0 Å². The number of carbonyl (C=O) groups excluding carboxylic acids is 1. The van der Waals surface area contributed by atoms with E-state index in [0.29, 0.717) is 20.6 Å². The first-order valence-electron chi connectivity index (χ1n) is 10.5. The quantitative estimate of drug-likeness (QED) is 0.509. The molecule has 7 heteroatoms. The van der Waals surface area contributed by atoms with Crippen molar-refractivity contribution >= 4 is 29.0 Å².